The second kappa shape index (κ2) is 4.77. The molecule has 1 aromatic carbocycles. The lowest BCUT2D eigenvalue weighted by atomic mass is 10.1. The second-order valence-electron chi connectivity index (χ2n) is 4.72. The number of aromatic nitrogens is 3. The third-order valence-electron chi connectivity index (χ3n) is 3.15. The SMILES string of the molecule is CN(C)C(=O)c1ccc(-c2cnc3cnccn23)cc1. The zero-order valence-electron chi connectivity index (χ0n) is 11.3. The van der Waals surface area contributed by atoms with E-state index < -0.39 is 0 Å². The molecular weight excluding hydrogens is 252 g/mol. The third kappa shape index (κ3) is 2.03. The van der Waals surface area contributed by atoms with Crippen molar-refractivity contribution in [2.75, 3.05) is 14.1 Å². The summed E-state index contributed by atoms with van der Waals surface area (Å²) in [5.41, 5.74) is 3.47. The van der Waals surface area contributed by atoms with E-state index >= 15 is 0 Å². The highest BCUT2D eigenvalue weighted by atomic mass is 16.2. The van der Waals surface area contributed by atoms with Gasteiger partial charge in [0.2, 0.25) is 0 Å². The van der Waals surface area contributed by atoms with Crippen LogP contribution in [-0.4, -0.2) is 39.3 Å². The molecule has 0 unspecified atom stereocenters. The van der Waals surface area contributed by atoms with Crippen molar-refractivity contribution in [3.05, 3.63) is 54.6 Å². The number of carbonyl (C=O) groups is 1. The molecule has 0 bridgehead atoms. The maximum absolute atomic E-state index is 11.9. The summed E-state index contributed by atoms with van der Waals surface area (Å²) in [5.74, 6) is -0.00103. The van der Waals surface area contributed by atoms with Crippen LogP contribution in [-0.2, 0) is 0 Å². The Balaban J connectivity index is 2.01. The zero-order valence-corrected chi connectivity index (χ0v) is 11.3. The summed E-state index contributed by atoms with van der Waals surface area (Å²) in [4.78, 5) is 21.8. The molecule has 0 saturated carbocycles. The molecule has 100 valence electrons. The molecule has 0 spiro atoms. The van der Waals surface area contributed by atoms with Crippen LogP contribution in [0.2, 0.25) is 0 Å². The van der Waals surface area contributed by atoms with Gasteiger partial charge in [0.15, 0.2) is 5.65 Å². The molecule has 2 heterocycles. The molecule has 0 radical (unpaired) electrons. The summed E-state index contributed by atoms with van der Waals surface area (Å²) in [5, 5.41) is 0. The van der Waals surface area contributed by atoms with Crippen LogP contribution >= 0.6 is 0 Å². The van der Waals surface area contributed by atoms with Gasteiger partial charge in [-0.25, -0.2) is 4.98 Å². The van der Waals surface area contributed by atoms with Crippen LogP contribution in [0.3, 0.4) is 0 Å². The third-order valence-corrected chi connectivity index (χ3v) is 3.15. The van der Waals surface area contributed by atoms with Crippen molar-refractivity contribution >= 4 is 11.6 Å². The van der Waals surface area contributed by atoms with Gasteiger partial charge < -0.3 is 4.90 Å². The highest BCUT2D eigenvalue weighted by Gasteiger charge is 2.09. The molecule has 5 heteroatoms. The van der Waals surface area contributed by atoms with E-state index in [0.717, 1.165) is 16.9 Å². The Kier molecular flexibility index (Phi) is 2.95. The highest BCUT2D eigenvalue weighted by Crippen LogP contribution is 2.21. The first-order valence-corrected chi connectivity index (χ1v) is 6.26. The molecule has 0 fully saturated rings. The molecular formula is C15H14N4O. The Hall–Kier alpha value is -2.69. The van der Waals surface area contributed by atoms with Gasteiger partial charge >= 0.3 is 0 Å². The first-order chi connectivity index (χ1) is 9.66. The van der Waals surface area contributed by atoms with E-state index in [1.165, 1.54) is 0 Å². The van der Waals surface area contributed by atoms with E-state index in [2.05, 4.69) is 9.97 Å². The molecule has 0 aliphatic rings. The van der Waals surface area contributed by atoms with E-state index in [1.54, 1.807) is 37.6 Å². The average Bonchev–Trinajstić information content (AvgIpc) is 2.90. The summed E-state index contributed by atoms with van der Waals surface area (Å²) < 4.78 is 1.97. The van der Waals surface area contributed by atoms with Gasteiger partial charge in [0.05, 0.1) is 18.1 Å². The van der Waals surface area contributed by atoms with Crippen molar-refractivity contribution in [2.24, 2.45) is 0 Å². The van der Waals surface area contributed by atoms with E-state index in [1.807, 2.05) is 34.9 Å². The normalized spacial score (nSPS) is 10.7. The van der Waals surface area contributed by atoms with Gasteiger partial charge in [-0.15, -0.1) is 0 Å². The summed E-state index contributed by atoms with van der Waals surface area (Å²) >= 11 is 0. The Labute approximate surface area is 116 Å². The minimum Gasteiger partial charge on any atom is -0.345 e. The first kappa shape index (κ1) is 12.3. The van der Waals surface area contributed by atoms with E-state index in [9.17, 15) is 4.79 Å². The summed E-state index contributed by atoms with van der Waals surface area (Å²) in [6.45, 7) is 0. The number of amides is 1. The Morgan fingerprint density at radius 3 is 2.60 bits per heavy atom. The van der Waals surface area contributed by atoms with Gasteiger partial charge in [0.1, 0.15) is 0 Å². The summed E-state index contributed by atoms with van der Waals surface area (Å²) in [6.07, 6.45) is 7.12. The fraction of sp³-hybridized carbons (Fsp3) is 0.133. The first-order valence-electron chi connectivity index (χ1n) is 6.26. The standard InChI is InChI=1S/C15H14N4O/c1-18(2)15(20)12-5-3-11(4-6-12)13-9-17-14-10-16-7-8-19(13)14/h3-10H,1-2H3. The van der Waals surface area contributed by atoms with Crippen LogP contribution < -0.4 is 0 Å². The molecule has 5 nitrogen and oxygen atoms in total. The fourth-order valence-corrected chi connectivity index (χ4v) is 2.10. The van der Waals surface area contributed by atoms with Crippen LogP contribution in [0.4, 0.5) is 0 Å². The number of nitrogens with zero attached hydrogens (tertiary/aromatic N) is 4. The molecule has 0 saturated heterocycles. The molecule has 0 aliphatic carbocycles. The van der Waals surface area contributed by atoms with Crippen LogP contribution in [0, 0.1) is 0 Å². The fourth-order valence-electron chi connectivity index (χ4n) is 2.10. The number of carbonyl (C=O) groups excluding carboxylic acids is 1. The van der Waals surface area contributed by atoms with E-state index in [-0.39, 0.29) is 5.91 Å². The topological polar surface area (TPSA) is 50.5 Å². The minimum atomic E-state index is -0.00103. The maximum atomic E-state index is 11.9. The molecule has 0 atom stereocenters. The number of imidazole rings is 1. The van der Waals surface area contributed by atoms with Gasteiger partial charge in [-0.3, -0.25) is 14.2 Å². The molecule has 3 rings (SSSR count). The number of hydrogen-bond acceptors (Lipinski definition) is 3. The predicted molar refractivity (Wildman–Crippen MR) is 76.4 cm³/mol. The van der Waals surface area contributed by atoms with Crippen LogP contribution in [0.25, 0.3) is 16.9 Å². The summed E-state index contributed by atoms with van der Waals surface area (Å²) in [6, 6.07) is 7.53. The zero-order chi connectivity index (χ0) is 14.1. The van der Waals surface area contributed by atoms with Gasteiger partial charge in [0.25, 0.3) is 5.91 Å². The van der Waals surface area contributed by atoms with Crippen molar-refractivity contribution in [3.63, 3.8) is 0 Å². The van der Waals surface area contributed by atoms with Crippen molar-refractivity contribution in [2.45, 2.75) is 0 Å². The monoisotopic (exact) mass is 266 g/mol. The van der Waals surface area contributed by atoms with Crippen molar-refractivity contribution in [3.8, 4) is 11.3 Å². The Bertz CT molecular complexity index is 759. The maximum Gasteiger partial charge on any atom is 0.253 e. The van der Waals surface area contributed by atoms with E-state index in [0.29, 0.717) is 5.56 Å². The molecule has 1 amide bonds. The Morgan fingerprint density at radius 1 is 1.15 bits per heavy atom. The smallest absolute Gasteiger partial charge is 0.253 e. The second-order valence-corrected chi connectivity index (χ2v) is 4.72. The largest absolute Gasteiger partial charge is 0.345 e. The molecule has 20 heavy (non-hydrogen) atoms. The minimum absolute atomic E-state index is 0.00103. The lowest BCUT2D eigenvalue weighted by molar-refractivity contribution is 0.0827. The van der Waals surface area contributed by atoms with Crippen LogP contribution in [0.1, 0.15) is 10.4 Å². The number of hydrogen-bond donors (Lipinski definition) is 0. The summed E-state index contributed by atoms with van der Waals surface area (Å²) in [7, 11) is 3.49. The van der Waals surface area contributed by atoms with Crippen molar-refractivity contribution in [1.82, 2.24) is 19.3 Å². The lowest BCUT2D eigenvalue weighted by Gasteiger charge is -2.10. The molecule has 3 aromatic rings. The molecule has 2 aromatic heterocycles. The molecule has 0 N–H and O–H groups in total. The Morgan fingerprint density at radius 2 is 1.90 bits per heavy atom. The van der Waals surface area contributed by atoms with Gasteiger partial charge in [-0.1, -0.05) is 12.1 Å². The van der Waals surface area contributed by atoms with Crippen LogP contribution in [0.5, 0.6) is 0 Å². The van der Waals surface area contributed by atoms with Gasteiger partial charge in [0, 0.05) is 37.6 Å². The highest BCUT2D eigenvalue weighted by molar-refractivity contribution is 5.94. The van der Waals surface area contributed by atoms with Crippen LogP contribution in [0.15, 0.2) is 49.1 Å². The predicted octanol–water partition coefficient (Wildman–Crippen LogP) is 2.10. The number of rotatable bonds is 2. The van der Waals surface area contributed by atoms with Gasteiger partial charge in [-0.2, -0.15) is 0 Å². The van der Waals surface area contributed by atoms with Gasteiger partial charge in [-0.05, 0) is 12.1 Å². The lowest BCUT2D eigenvalue weighted by Crippen LogP contribution is -2.21. The van der Waals surface area contributed by atoms with E-state index in [4.69, 9.17) is 0 Å². The van der Waals surface area contributed by atoms with Crippen molar-refractivity contribution in [1.29, 1.82) is 0 Å². The average molecular weight is 266 g/mol. The van der Waals surface area contributed by atoms with Crippen molar-refractivity contribution < 1.29 is 4.79 Å². The number of benzene rings is 1. The molecule has 0 aliphatic heterocycles. The number of fused-ring (bicyclic) bond motifs is 1. The quantitative estimate of drug-likeness (QED) is 0.713.